The summed E-state index contributed by atoms with van der Waals surface area (Å²) in [5.74, 6) is -0.455. The van der Waals surface area contributed by atoms with Gasteiger partial charge in [0.1, 0.15) is 11.4 Å². The van der Waals surface area contributed by atoms with Gasteiger partial charge in [0, 0.05) is 0 Å². The van der Waals surface area contributed by atoms with Gasteiger partial charge in [-0.1, -0.05) is 42.5 Å². The predicted molar refractivity (Wildman–Crippen MR) is 93.9 cm³/mol. The van der Waals surface area contributed by atoms with Crippen LogP contribution in [0.2, 0.25) is 0 Å². The normalized spacial score (nSPS) is 11.8. The van der Waals surface area contributed by atoms with E-state index in [-0.39, 0.29) is 17.6 Å². The van der Waals surface area contributed by atoms with Gasteiger partial charge in [-0.25, -0.2) is 9.78 Å². The fraction of sp³-hybridized carbons (Fsp3) is 0.150. The molecule has 3 aromatic rings. The molecular weight excluding hydrogens is 316 g/mol. The van der Waals surface area contributed by atoms with Crippen LogP contribution in [0.25, 0.3) is 0 Å². The maximum atomic E-state index is 12.6. The third-order valence-corrected chi connectivity index (χ3v) is 4.04. The summed E-state index contributed by atoms with van der Waals surface area (Å²) in [5, 5.41) is 0. The van der Waals surface area contributed by atoms with Gasteiger partial charge in [-0.2, -0.15) is 0 Å². The number of hydrogen-bond acceptors (Lipinski definition) is 4. The van der Waals surface area contributed by atoms with Crippen molar-refractivity contribution in [1.82, 2.24) is 9.55 Å². The second-order valence-electron chi connectivity index (χ2n) is 5.71. The minimum Gasteiger partial charge on any atom is -0.421 e. The Kier molecular flexibility index (Phi) is 4.75. The summed E-state index contributed by atoms with van der Waals surface area (Å²) < 4.78 is 7.22. The monoisotopic (exact) mass is 334 g/mol. The Hall–Kier alpha value is -3.21. The fourth-order valence-corrected chi connectivity index (χ4v) is 2.66. The molecular formula is C20H18N2O3. The number of imidazole rings is 1. The molecule has 3 rings (SSSR count). The highest BCUT2D eigenvalue weighted by Gasteiger charge is 2.20. The number of carbonyl (C=O) groups is 2. The third-order valence-electron chi connectivity index (χ3n) is 4.04. The zero-order chi connectivity index (χ0) is 17.8. The Labute approximate surface area is 145 Å². The Balaban J connectivity index is 1.88. The van der Waals surface area contributed by atoms with Gasteiger partial charge in [0.25, 0.3) is 0 Å². The van der Waals surface area contributed by atoms with Gasteiger partial charge < -0.3 is 9.30 Å². The third kappa shape index (κ3) is 3.50. The number of hydrogen-bond donors (Lipinski definition) is 0. The summed E-state index contributed by atoms with van der Waals surface area (Å²) >= 11 is 0. The van der Waals surface area contributed by atoms with E-state index in [1.54, 1.807) is 35.2 Å². The van der Waals surface area contributed by atoms with Crippen LogP contribution in [0.5, 0.6) is 5.75 Å². The van der Waals surface area contributed by atoms with Crippen molar-refractivity contribution in [3.63, 3.8) is 0 Å². The van der Waals surface area contributed by atoms with Crippen molar-refractivity contribution >= 4 is 11.8 Å². The number of ether oxygens (including phenoxy) is 1. The van der Waals surface area contributed by atoms with Crippen molar-refractivity contribution in [3.05, 3.63) is 83.9 Å². The summed E-state index contributed by atoms with van der Waals surface area (Å²) in [6.07, 6.45) is 3.07. The van der Waals surface area contributed by atoms with Gasteiger partial charge in [-0.05, 0) is 31.5 Å². The molecule has 0 amide bonds. The van der Waals surface area contributed by atoms with Crippen LogP contribution in [-0.4, -0.2) is 21.3 Å². The topological polar surface area (TPSA) is 61.2 Å². The van der Waals surface area contributed by atoms with E-state index < -0.39 is 5.97 Å². The van der Waals surface area contributed by atoms with Crippen molar-refractivity contribution in [1.29, 1.82) is 0 Å². The maximum Gasteiger partial charge on any atom is 0.362 e. The molecule has 0 bridgehead atoms. The van der Waals surface area contributed by atoms with Crippen LogP contribution < -0.4 is 4.74 Å². The molecule has 0 aliphatic carbocycles. The maximum absolute atomic E-state index is 12.6. The van der Waals surface area contributed by atoms with Crippen molar-refractivity contribution < 1.29 is 14.3 Å². The largest absolute Gasteiger partial charge is 0.421 e. The molecule has 1 aromatic heterocycles. The zero-order valence-electron chi connectivity index (χ0n) is 14.0. The van der Waals surface area contributed by atoms with Crippen LogP contribution >= 0.6 is 0 Å². The molecule has 5 heteroatoms. The quantitative estimate of drug-likeness (QED) is 0.403. The molecule has 0 fully saturated rings. The van der Waals surface area contributed by atoms with Crippen molar-refractivity contribution in [2.75, 3.05) is 0 Å². The van der Waals surface area contributed by atoms with Crippen molar-refractivity contribution in [3.8, 4) is 5.75 Å². The summed E-state index contributed by atoms with van der Waals surface area (Å²) in [5.41, 5.74) is 1.76. The number of rotatable bonds is 5. The molecule has 0 radical (unpaired) electrons. The molecule has 0 unspecified atom stereocenters. The number of carbonyl (C=O) groups excluding carboxylic acids is 2. The Morgan fingerprint density at radius 1 is 1.04 bits per heavy atom. The summed E-state index contributed by atoms with van der Waals surface area (Å²) in [7, 11) is 0. The molecule has 0 aliphatic rings. The number of ketones is 1. The lowest BCUT2D eigenvalue weighted by Crippen LogP contribution is -2.18. The van der Waals surface area contributed by atoms with E-state index in [9.17, 15) is 9.59 Å². The summed E-state index contributed by atoms with van der Waals surface area (Å²) in [6, 6.07) is 16.4. The molecule has 0 N–H and O–H groups in total. The zero-order valence-corrected chi connectivity index (χ0v) is 14.0. The summed E-state index contributed by atoms with van der Waals surface area (Å²) in [4.78, 5) is 28.4. The average molecular weight is 334 g/mol. The van der Waals surface area contributed by atoms with Crippen molar-refractivity contribution in [2.45, 2.75) is 19.9 Å². The van der Waals surface area contributed by atoms with Gasteiger partial charge in [0.2, 0.25) is 0 Å². The Morgan fingerprint density at radius 2 is 1.72 bits per heavy atom. The van der Waals surface area contributed by atoms with E-state index in [0.29, 0.717) is 11.3 Å². The van der Waals surface area contributed by atoms with Crippen LogP contribution in [0.3, 0.4) is 0 Å². The number of esters is 1. The second-order valence-corrected chi connectivity index (χ2v) is 5.71. The van der Waals surface area contributed by atoms with E-state index in [1.165, 1.54) is 13.1 Å². The number of nitrogens with zero attached hydrogens (tertiary/aromatic N) is 2. The molecule has 126 valence electrons. The first-order valence-corrected chi connectivity index (χ1v) is 7.97. The molecule has 2 aromatic carbocycles. The Bertz CT molecular complexity index is 900. The van der Waals surface area contributed by atoms with Crippen molar-refractivity contribution in [2.24, 2.45) is 0 Å². The lowest BCUT2D eigenvalue weighted by Gasteiger charge is -2.16. The molecule has 5 nitrogen and oxygen atoms in total. The first kappa shape index (κ1) is 16.6. The van der Waals surface area contributed by atoms with E-state index in [0.717, 1.165) is 5.56 Å². The van der Waals surface area contributed by atoms with E-state index in [4.69, 9.17) is 4.74 Å². The minimum absolute atomic E-state index is 0.0747. The lowest BCUT2D eigenvalue weighted by molar-refractivity contribution is 0.0720. The van der Waals surface area contributed by atoms with Crippen LogP contribution in [0.15, 0.2) is 67.1 Å². The molecule has 1 heterocycles. The standard InChI is InChI=1S/C20H18N2O3/c1-14(16-8-4-3-5-9-16)22-13-21-12-18(22)20(24)25-19-11-7-6-10-17(19)15(2)23/h3-14H,1-2H3/t14-/m1/s1. The molecule has 1 atom stereocenters. The minimum atomic E-state index is -0.547. The van der Waals surface area contributed by atoms with Gasteiger partial charge in [0.15, 0.2) is 5.78 Å². The lowest BCUT2D eigenvalue weighted by atomic mass is 10.1. The van der Waals surface area contributed by atoms with Crippen LogP contribution in [0.1, 0.15) is 46.3 Å². The smallest absolute Gasteiger partial charge is 0.362 e. The number of benzene rings is 2. The predicted octanol–water partition coefficient (Wildman–Crippen LogP) is 3.91. The van der Waals surface area contributed by atoms with Gasteiger partial charge >= 0.3 is 5.97 Å². The molecule has 25 heavy (non-hydrogen) atoms. The molecule has 0 saturated heterocycles. The highest BCUT2D eigenvalue weighted by Crippen LogP contribution is 2.23. The Morgan fingerprint density at radius 3 is 2.44 bits per heavy atom. The molecule has 0 spiro atoms. The van der Waals surface area contributed by atoms with Crippen LogP contribution in [-0.2, 0) is 0 Å². The highest BCUT2D eigenvalue weighted by molar-refractivity contribution is 5.98. The average Bonchev–Trinajstić information content (AvgIpc) is 3.12. The first-order valence-electron chi connectivity index (χ1n) is 7.97. The van der Waals surface area contributed by atoms with Gasteiger partial charge in [-0.15, -0.1) is 0 Å². The number of para-hydroxylation sites is 1. The molecule has 0 aliphatic heterocycles. The highest BCUT2D eigenvalue weighted by atomic mass is 16.5. The number of Topliss-reactive ketones (excluding diaryl/α,β-unsaturated/α-hetero) is 1. The number of aromatic nitrogens is 2. The van der Waals surface area contributed by atoms with Crippen LogP contribution in [0.4, 0.5) is 0 Å². The fourth-order valence-electron chi connectivity index (χ4n) is 2.66. The molecule has 0 saturated carbocycles. The van der Waals surface area contributed by atoms with Gasteiger partial charge in [-0.3, -0.25) is 4.79 Å². The van der Waals surface area contributed by atoms with Crippen LogP contribution in [0, 0.1) is 0 Å². The second kappa shape index (κ2) is 7.13. The van der Waals surface area contributed by atoms with Gasteiger partial charge in [0.05, 0.1) is 24.1 Å². The van der Waals surface area contributed by atoms with E-state index in [2.05, 4.69) is 4.98 Å². The van der Waals surface area contributed by atoms with E-state index >= 15 is 0 Å². The first-order chi connectivity index (χ1) is 12.1. The SMILES string of the molecule is CC(=O)c1ccccc1OC(=O)c1cncn1[C@H](C)c1ccccc1. The summed E-state index contributed by atoms with van der Waals surface area (Å²) in [6.45, 7) is 3.42. The van der Waals surface area contributed by atoms with E-state index in [1.807, 2.05) is 37.3 Å².